The molecule has 1 aliphatic rings. The summed E-state index contributed by atoms with van der Waals surface area (Å²) in [5.41, 5.74) is 0. The van der Waals surface area contributed by atoms with Crippen molar-refractivity contribution in [1.82, 2.24) is 0 Å². The van der Waals surface area contributed by atoms with E-state index in [-0.39, 0.29) is 13.0 Å². The van der Waals surface area contributed by atoms with Crippen molar-refractivity contribution in [1.29, 1.82) is 0 Å². The molecule has 0 radical (unpaired) electrons. The zero-order valence-electron chi connectivity index (χ0n) is 7.16. The monoisotopic (exact) mass is 176 g/mol. The molecule has 1 heterocycles. The smallest absolute Gasteiger partial charge is 0.305 e. The van der Waals surface area contributed by atoms with Crippen molar-refractivity contribution < 1.29 is 19.7 Å². The van der Waals surface area contributed by atoms with Crippen molar-refractivity contribution >= 4 is 5.97 Å². The van der Waals surface area contributed by atoms with Crippen LogP contribution in [0.3, 0.4) is 0 Å². The molecule has 0 aromatic rings. The van der Waals surface area contributed by atoms with Gasteiger partial charge >= 0.3 is 5.97 Å². The van der Waals surface area contributed by atoms with E-state index in [9.17, 15) is 4.79 Å². The third-order valence-corrected chi connectivity index (χ3v) is 1.40. The van der Waals surface area contributed by atoms with Crippen LogP contribution in [0.15, 0.2) is 0 Å². The van der Waals surface area contributed by atoms with Crippen molar-refractivity contribution in [3.05, 3.63) is 0 Å². The highest BCUT2D eigenvalue weighted by molar-refractivity contribution is 5.66. The lowest BCUT2D eigenvalue weighted by molar-refractivity contribution is -0.137. The van der Waals surface area contributed by atoms with E-state index in [4.69, 9.17) is 14.9 Å². The Labute approximate surface area is 72.2 Å². The Balaban J connectivity index is 0.000000202. The Hall–Kier alpha value is -0.610. The van der Waals surface area contributed by atoms with E-state index < -0.39 is 5.97 Å². The summed E-state index contributed by atoms with van der Waals surface area (Å²) in [6, 6.07) is 0. The first kappa shape index (κ1) is 11.4. The van der Waals surface area contributed by atoms with Crippen molar-refractivity contribution in [2.45, 2.75) is 25.7 Å². The van der Waals surface area contributed by atoms with Crippen LogP contribution >= 0.6 is 0 Å². The average Bonchev–Trinajstić information content (AvgIpc) is 2.08. The van der Waals surface area contributed by atoms with Crippen molar-refractivity contribution in [3.8, 4) is 0 Å². The molecule has 0 aliphatic carbocycles. The first-order chi connectivity index (χ1) is 5.77. The van der Waals surface area contributed by atoms with E-state index in [1.807, 2.05) is 0 Å². The Kier molecular flexibility index (Phi) is 8.05. The fourth-order valence-electron chi connectivity index (χ4n) is 0.783. The fraction of sp³-hybridized carbons (Fsp3) is 0.875. The van der Waals surface area contributed by atoms with Crippen LogP contribution in [-0.2, 0) is 9.53 Å². The molecule has 12 heavy (non-hydrogen) atoms. The minimum Gasteiger partial charge on any atom is -0.481 e. The predicted octanol–water partition coefficient (Wildman–Crippen LogP) is 0.640. The van der Waals surface area contributed by atoms with Gasteiger partial charge in [0, 0.05) is 13.2 Å². The molecule has 0 saturated carbocycles. The maximum Gasteiger partial charge on any atom is 0.305 e. The minimum absolute atomic E-state index is 0.153. The lowest BCUT2D eigenvalue weighted by Gasteiger charge is -2.08. The summed E-state index contributed by atoms with van der Waals surface area (Å²) in [6.07, 6.45) is 3.78. The van der Waals surface area contributed by atoms with Crippen molar-refractivity contribution in [2.24, 2.45) is 0 Å². The Morgan fingerprint density at radius 2 is 1.83 bits per heavy atom. The van der Waals surface area contributed by atoms with E-state index in [0.717, 1.165) is 13.2 Å². The average molecular weight is 176 g/mol. The lowest BCUT2D eigenvalue weighted by atomic mass is 10.2. The number of aliphatic hydroxyl groups is 1. The highest BCUT2D eigenvalue weighted by atomic mass is 16.5. The van der Waals surface area contributed by atoms with E-state index in [1.54, 1.807) is 0 Å². The summed E-state index contributed by atoms with van der Waals surface area (Å²) in [6.45, 7) is 1.73. The number of carbonyl (C=O) groups is 1. The summed E-state index contributed by atoms with van der Waals surface area (Å²) in [4.78, 5) is 9.44. The van der Waals surface area contributed by atoms with E-state index in [1.165, 1.54) is 19.3 Å². The number of carboxylic acid groups (broad SMARTS) is 1. The van der Waals surface area contributed by atoms with Crippen LogP contribution in [0.2, 0.25) is 0 Å². The van der Waals surface area contributed by atoms with Crippen molar-refractivity contribution in [3.63, 3.8) is 0 Å². The van der Waals surface area contributed by atoms with Crippen LogP contribution in [0.25, 0.3) is 0 Å². The highest BCUT2D eigenvalue weighted by Gasteiger charge is 1.95. The van der Waals surface area contributed by atoms with Gasteiger partial charge in [0.25, 0.3) is 0 Å². The van der Waals surface area contributed by atoms with Gasteiger partial charge in [0.15, 0.2) is 0 Å². The maximum atomic E-state index is 9.44. The third-order valence-electron chi connectivity index (χ3n) is 1.40. The normalized spacial score (nSPS) is 16.1. The molecular formula is C8H16O4. The molecule has 2 N–H and O–H groups in total. The first-order valence-corrected chi connectivity index (χ1v) is 4.17. The highest BCUT2D eigenvalue weighted by Crippen LogP contribution is 2.02. The fourth-order valence-corrected chi connectivity index (χ4v) is 0.783. The minimum atomic E-state index is -0.961. The molecule has 72 valence electrons. The van der Waals surface area contributed by atoms with Gasteiger partial charge in [0.2, 0.25) is 0 Å². The SMILES string of the molecule is C1CCOCC1.O=C(O)CCO. The molecule has 1 aliphatic heterocycles. The Morgan fingerprint density at radius 3 is 1.92 bits per heavy atom. The summed E-state index contributed by atoms with van der Waals surface area (Å²) in [5.74, 6) is -0.961. The standard InChI is InChI=1S/C5H10O.C3H6O3/c1-2-4-6-5-3-1;4-2-1-3(5)6/h1-5H2;4H,1-2H2,(H,5,6). The van der Waals surface area contributed by atoms with Crippen LogP contribution in [0.5, 0.6) is 0 Å². The molecular weight excluding hydrogens is 160 g/mol. The molecule has 4 nitrogen and oxygen atoms in total. The van der Waals surface area contributed by atoms with Gasteiger partial charge < -0.3 is 14.9 Å². The summed E-state index contributed by atoms with van der Waals surface area (Å²) >= 11 is 0. The molecule has 1 saturated heterocycles. The molecule has 1 rings (SSSR count). The Morgan fingerprint density at radius 1 is 1.25 bits per heavy atom. The maximum absolute atomic E-state index is 9.44. The molecule has 0 spiro atoms. The second kappa shape index (κ2) is 8.49. The summed E-state index contributed by atoms with van der Waals surface area (Å²) < 4.78 is 5.07. The van der Waals surface area contributed by atoms with Crippen LogP contribution in [0.4, 0.5) is 0 Å². The van der Waals surface area contributed by atoms with E-state index in [0.29, 0.717) is 0 Å². The number of carboxylic acids is 1. The lowest BCUT2D eigenvalue weighted by Crippen LogP contribution is -2.03. The van der Waals surface area contributed by atoms with Gasteiger partial charge in [0.1, 0.15) is 0 Å². The van der Waals surface area contributed by atoms with Crippen LogP contribution in [0, 0.1) is 0 Å². The van der Waals surface area contributed by atoms with Crippen LogP contribution < -0.4 is 0 Å². The number of aliphatic hydroxyl groups excluding tert-OH is 1. The van der Waals surface area contributed by atoms with Gasteiger partial charge in [-0.3, -0.25) is 4.79 Å². The third kappa shape index (κ3) is 9.39. The van der Waals surface area contributed by atoms with E-state index >= 15 is 0 Å². The van der Waals surface area contributed by atoms with E-state index in [2.05, 4.69) is 0 Å². The van der Waals surface area contributed by atoms with Gasteiger partial charge in [-0.1, -0.05) is 0 Å². The zero-order chi connectivity index (χ0) is 9.23. The molecule has 0 aromatic heterocycles. The zero-order valence-corrected chi connectivity index (χ0v) is 7.16. The largest absolute Gasteiger partial charge is 0.481 e. The van der Waals surface area contributed by atoms with Gasteiger partial charge in [0.05, 0.1) is 13.0 Å². The number of aliphatic carboxylic acids is 1. The van der Waals surface area contributed by atoms with Gasteiger partial charge in [-0.05, 0) is 19.3 Å². The molecule has 0 bridgehead atoms. The van der Waals surface area contributed by atoms with Crippen LogP contribution in [0.1, 0.15) is 25.7 Å². The summed E-state index contributed by atoms with van der Waals surface area (Å²) in [5, 5.41) is 15.6. The molecule has 4 heteroatoms. The second-order valence-electron chi connectivity index (χ2n) is 2.54. The van der Waals surface area contributed by atoms with Gasteiger partial charge in [-0.25, -0.2) is 0 Å². The molecule has 0 atom stereocenters. The molecule has 0 amide bonds. The quantitative estimate of drug-likeness (QED) is 0.648. The molecule has 0 unspecified atom stereocenters. The summed E-state index contributed by atoms with van der Waals surface area (Å²) in [7, 11) is 0. The van der Waals surface area contributed by atoms with Gasteiger partial charge in [-0.15, -0.1) is 0 Å². The first-order valence-electron chi connectivity index (χ1n) is 4.17. The second-order valence-corrected chi connectivity index (χ2v) is 2.54. The Bertz CT molecular complexity index is 98.1. The number of hydrogen-bond donors (Lipinski definition) is 2. The topological polar surface area (TPSA) is 66.8 Å². The van der Waals surface area contributed by atoms with Crippen LogP contribution in [-0.4, -0.2) is 36.0 Å². The number of rotatable bonds is 2. The molecule has 1 fully saturated rings. The number of ether oxygens (including phenoxy) is 1. The van der Waals surface area contributed by atoms with Crippen molar-refractivity contribution in [2.75, 3.05) is 19.8 Å². The predicted molar refractivity (Wildman–Crippen MR) is 44.0 cm³/mol. The molecule has 0 aromatic carbocycles. The number of hydrogen-bond acceptors (Lipinski definition) is 3. The van der Waals surface area contributed by atoms with Gasteiger partial charge in [-0.2, -0.15) is 0 Å².